The number of fused-ring (bicyclic) bond motifs is 5. The second-order valence-electron chi connectivity index (χ2n) is 12.8. The lowest BCUT2D eigenvalue weighted by atomic mass is 9.96. The van der Waals surface area contributed by atoms with Crippen molar-refractivity contribution in [3.8, 4) is 56.4 Å². The third-order valence-corrected chi connectivity index (χ3v) is 9.73. The van der Waals surface area contributed by atoms with Crippen LogP contribution in [-0.4, -0.2) is 15.0 Å². The van der Waals surface area contributed by atoms with E-state index in [2.05, 4.69) is 133 Å². The molecule has 10 rings (SSSR count). The fourth-order valence-corrected chi connectivity index (χ4v) is 7.18. The summed E-state index contributed by atoms with van der Waals surface area (Å²) in [6, 6.07) is 61.1. The molecule has 0 spiro atoms. The Morgan fingerprint density at radius 3 is 1.80 bits per heavy atom. The second-order valence-corrected chi connectivity index (χ2v) is 12.8. The molecule has 238 valence electrons. The zero-order chi connectivity index (χ0) is 33.7. The molecule has 4 nitrogen and oxygen atoms in total. The van der Waals surface area contributed by atoms with E-state index in [-0.39, 0.29) is 0 Å². The predicted octanol–water partition coefficient (Wildman–Crippen LogP) is 12.4. The van der Waals surface area contributed by atoms with E-state index < -0.39 is 0 Å². The van der Waals surface area contributed by atoms with E-state index >= 15 is 0 Å². The van der Waals surface area contributed by atoms with Crippen molar-refractivity contribution in [3.63, 3.8) is 0 Å². The molecule has 8 aromatic carbocycles. The van der Waals surface area contributed by atoms with Crippen molar-refractivity contribution in [3.05, 3.63) is 176 Å². The molecule has 2 heterocycles. The molecular formula is C47H29N3O. The van der Waals surface area contributed by atoms with E-state index in [1.54, 1.807) is 0 Å². The molecule has 0 radical (unpaired) electrons. The Morgan fingerprint density at radius 1 is 0.314 bits per heavy atom. The monoisotopic (exact) mass is 651 g/mol. The Balaban J connectivity index is 1.08. The Morgan fingerprint density at radius 2 is 0.941 bits per heavy atom. The Kier molecular flexibility index (Phi) is 6.78. The maximum absolute atomic E-state index is 6.52. The molecule has 0 aliphatic carbocycles. The summed E-state index contributed by atoms with van der Waals surface area (Å²) in [6.07, 6.45) is 0. The van der Waals surface area contributed by atoms with Crippen LogP contribution in [0.25, 0.3) is 99.9 Å². The first-order valence-electron chi connectivity index (χ1n) is 17.1. The molecule has 0 amide bonds. The van der Waals surface area contributed by atoms with E-state index in [1.807, 2.05) is 42.5 Å². The number of rotatable bonds is 5. The molecule has 0 N–H and O–H groups in total. The molecule has 0 saturated heterocycles. The summed E-state index contributed by atoms with van der Waals surface area (Å²) in [7, 11) is 0. The lowest BCUT2D eigenvalue weighted by molar-refractivity contribution is 0.669. The van der Waals surface area contributed by atoms with E-state index in [0.29, 0.717) is 17.5 Å². The van der Waals surface area contributed by atoms with Crippen molar-refractivity contribution in [2.75, 3.05) is 0 Å². The molecule has 2 aromatic heterocycles. The van der Waals surface area contributed by atoms with Gasteiger partial charge in [-0.2, -0.15) is 0 Å². The highest BCUT2D eigenvalue weighted by Gasteiger charge is 2.18. The first-order valence-corrected chi connectivity index (χ1v) is 17.1. The Labute approximate surface area is 294 Å². The average Bonchev–Trinajstić information content (AvgIpc) is 3.59. The van der Waals surface area contributed by atoms with Crippen LogP contribution in [0.15, 0.2) is 180 Å². The molecule has 0 atom stereocenters. The number of hydrogen-bond donors (Lipinski definition) is 0. The van der Waals surface area contributed by atoms with Gasteiger partial charge in [-0.25, -0.2) is 15.0 Å². The second kappa shape index (κ2) is 11.9. The third kappa shape index (κ3) is 5.13. The standard InChI is InChI=1S/C47H29N3O/c1-2-12-34(13-3-1)45-48-46(37-25-22-30-10-4-5-14-35(30)28-37)50-47(49-45)41-18-9-19-42-44(41)40-27-26-36(29-43(40)51-42)31-20-23-33(24-21-31)39-17-8-15-32-11-6-7-16-38(32)39/h1-29H. The lowest BCUT2D eigenvalue weighted by Gasteiger charge is -2.10. The number of nitrogens with zero attached hydrogens (tertiary/aromatic N) is 3. The van der Waals surface area contributed by atoms with Crippen LogP contribution in [0.2, 0.25) is 0 Å². The van der Waals surface area contributed by atoms with Crippen molar-refractivity contribution in [1.29, 1.82) is 0 Å². The molecule has 0 saturated carbocycles. The molecule has 0 bridgehead atoms. The van der Waals surface area contributed by atoms with Crippen LogP contribution in [0.3, 0.4) is 0 Å². The van der Waals surface area contributed by atoms with Crippen LogP contribution in [0.4, 0.5) is 0 Å². The van der Waals surface area contributed by atoms with Crippen molar-refractivity contribution < 1.29 is 4.42 Å². The van der Waals surface area contributed by atoms with Crippen molar-refractivity contribution in [1.82, 2.24) is 15.0 Å². The number of furan rings is 1. The normalized spacial score (nSPS) is 11.5. The highest BCUT2D eigenvalue weighted by Crippen LogP contribution is 2.39. The van der Waals surface area contributed by atoms with E-state index in [0.717, 1.165) is 55.1 Å². The van der Waals surface area contributed by atoms with Gasteiger partial charge in [0.25, 0.3) is 0 Å². The maximum Gasteiger partial charge on any atom is 0.164 e. The molecule has 0 fully saturated rings. The van der Waals surface area contributed by atoms with Crippen molar-refractivity contribution in [2.45, 2.75) is 0 Å². The van der Waals surface area contributed by atoms with E-state index in [9.17, 15) is 0 Å². The molecule has 51 heavy (non-hydrogen) atoms. The van der Waals surface area contributed by atoms with Gasteiger partial charge >= 0.3 is 0 Å². The van der Waals surface area contributed by atoms with Gasteiger partial charge in [-0.15, -0.1) is 0 Å². The van der Waals surface area contributed by atoms with Gasteiger partial charge in [0.05, 0.1) is 0 Å². The van der Waals surface area contributed by atoms with E-state index in [4.69, 9.17) is 19.4 Å². The Bertz CT molecular complexity index is 2900. The van der Waals surface area contributed by atoms with Gasteiger partial charge in [0, 0.05) is 27.5 Å². The molecular weight excluding hydrogens is 623 g/mol. The maximum atomic E-state index is 6.52. The number of aromatic nitrogens is 3. The first-order chi connectivity index (χ1) is 25.2. The minimum absolute atomic E-state index is 0.605. The smallest absolute Gasteiger partial charge is 0.164 e. The van der Waals surface area contributed by atoms with Crippen LogP contribution in [0.5, 0.6) is 0 Å². The third-order valence-electron chi connectivity index (χ3n) is 9.73. The molecule has 4 heteroatoms. The first kappa shape index (κ1) is 29.0. The van der Waals surface area contributed by atoms with Crippen LogP contribution in [0.1, 0.15) is 0 Å². The summed E-state index contributed by atoms with van der Waals surface area (Å²) in [5, 5.41) is 6.82. The van der Waals surface area contributed by atoms with Crippen LogP contribution in [-0.2, 0) is 0 Å². The van der Waals surface area contributed by atoms with Gasteiger partial charge < -0.3 is 4.42 Å². The molecule has 0 aliphatic heterocycles. The van der Waals surface area contributed by atoms with Crippen LogP contribution in [0, 0.1) is 0 Å². The van der Waals surface area contributed by atoms with Gasteiger partial charge in [0.15, 0.2) is 17.5 Å². The van der Waals surface area contributed by atoms with Crippen LogP contribution >= 0.6 is 0 Å². The Hall–Kier alpha value is -6.91. The SMILES string of the molecule is c1ccc(-c2nc(-c3ccc4ccccc4c3)nc(-c3cccc4oc5cc(-c6ccc(-c7cccc8ccccc78)cc6)ccc5c34)n2)cc1. The predicted molar refractivity (Wildman–Crippen MR) is 209 cm³/mol. The van der Waals surface area contributed by atoms with E-state index in [1.165, 1.54) is 27.3 Å². The van der Waals surface area contributed by atoms with Crippen LogP contribution < -0.4 is 0 Å². The summed E-state index contributed by atoms with van der Waals surface area (Å²) >= 11 is 0. The fourth-order valence-electron chi connectivity index (χ4n) is 7.18. The topological polar surface area (TPSA) is 51.8 Å². The van der Waals surface area contributed by atoms with Crippen molar-refractivity contribution in [2.24, 2.45) is 0 Å². The highest BCUT2D eigenvalue weighted by atomic mass is 16.3. The minimum Gasteiger partial charge on any atom is -0.456 e. The summed E-state index contributed by atoms with van der Waals surface area (Å²) in [5.41, 5.74) is 9.04. The van der Waals surface area contributed by atoms with Gasteiger partial charge in [0.1, 0.15) is 11.2 Å². The van der Waals surface area contributed by atoms with Gasteiger partial charge in [0.2, 0.25) is 0 Å². The van der Waals surface area contributed by atoms with Gasteiger partial charge in [-0.05, 0) is 68.1 Å². The highest BCUT2D eigenvalue weighted by molar-refractivity contribution is 6.12. The summed E-state index contributed by atoms with van der Waals surface area (Å²) < 4.78 is 6.52. The van der Waals surface area contributed by atoms with Gasteiger partial charge in [-0.3, -0.25) is 0 Å². The van der Waals surface area contributed by atoms with Crippen molar-refractivity contribution >= 4 is 43.5 Å². The minimum atomic E-state index is 0.605. The lowest BCUT2D eigenvalue weighted by Crippen LogP contribution is -2.00. The average molecular weight is 652 g/mol. The largest absolute Gasteiger partial charge is 0.456 e. The molecule has 0 unspecified atom stereocenters. The molecule has 0 aliphatic rings. The number of benzene rings is 8. The zero-order valence-electron chi connectivity index (χ0n) is 27.5. The molecule has 10 aromatic rings. The fraction of sp³-hybridized carbons (Fsp3) is 0. The summed E-state index contributed by atoms with van der Waals surface area (Å²) in [6.45, 7) is 0. The zero-order valence-corrected chi connectivity index (χ0v) is 27.5. The number of hydrogen-bond acceptors (Lipinski definition) is 4. The summed E-state index contributed by atoms with van der Waals surface area (Å²) in [5.74, 6) is 1.86. The summed E-state index contributed by atoms with van der Waals surface area (Å²) in [4.78, 5) is 15.1. The quantitative estimate of drug-likeness (QED) is 0.186. The van der Waals surface area contributed by atoms with Gasteiger partial charge in [-0.1, -0.05) is 152 Å².